The number of aliphatic hydroxyl groups is 1. The lowest BCUT2D eigenvalue weighted by Gasteiger charge is -2.59. The summed E-state index contributed by atoms with van der Waals surface area (Å²) in [5, 5.41) is 10.1. The topological polar surface area (TPSA) is 73.7 Å². The molecule has 4 saturated carbocycles. The number of ketones is 1. The van der Waals surface area contributed by atoms with Gasteiger partial charge in [0.2, 0.25) is 5.78 Å². The van der Waals surface area contributed by atoms with Crippen LogP contribution in [0.1, 0.15) is 65.2 Å². The van der Waals surface area contributed by atoms with E-state index in [1.165, 1.54) is 12.8 Å². The quantitative estimate of drug-likeness (QED) is 0.550. The molecule has 0 aromatic rings. The Balaban J connectivity index is 1.67. The summed E-state index contributed by atoms with van der Waals surface area (Å²) in [7, 11) is 0. The van der Waals surface area contributed by atoms with Crippen molar-refractivity contribution in [2.75, 3.05) is 0 Å². The van der Waals surface area contributed by atoms with E-state index in [0.29, 0.717) is 41.2 Å². The van der Waals surface area contributed by atoms with E-state index in [9.17, 15) is 15.4 Å². The predicted octanol–water partition coefficient (Wildman–Crippen LogP) is 3.24. The van der Waals surface area contributed by atoms with Crippen LogP contribution in [0.2, 0.25) is 0 Å². The predicted molar refractivity (Wildman–Crippen MR) is 86.8 cm³/mol. The largest absolute Gasteiger partial charge is 0.393 e. The normalized spacial score (nSPS) is 52.4. The molecule has 0 bridgehead atoms. The average Bonchev–Trinajstić information content (AvgIpc) is 2.79. The number of carbonyl (C=O) groups is 1. The van der Waals surface area contributed by atoms with E-state index in [1.54, 1.807) is 0 Å². The van der Waals surface area contributed by atoms with Gasteiger partial charge in [-0.05, 0) is 74.0 Å². The van der Waals surface area contributed by atoms with Crippen molar-refractivity contribution in [3.63, 3.8) is 0 Å². The molecule has 0 spiro atoms. The molecule has 1 N–H and O–H groups in total. The second-order valence-electron chi connectivity index (χ2n) is 9.12. The molecule has 4 fully saturated rings. The van der Waals surface area contributed by atoms with Crippen LogP contribution >= 0.6 is 0 Å². The van der Waals surface area contributed by atoms with Gasteiger partial charge in [-0.15, -0.1) is 0 Å². The molecule has 0 unspecified atom stereocenters. The Labute approximate surface area is 138 Å². The summed E-state index contributed by atoms with van der Waals surface area (Å²) in [6.07, 6.45) is 7.97. The molecule has 0 amide bonds. The maximum absolute atomic E-state index is 12.6. The molecule has 4 nitrogen and oxygen atoms in total. The zero-order valence-electron chi connectivity index (χ0n) is 14.3. The van der Waals surface area contributed by atoms with Gasteiger partial charge in [-0.1, -0.05) is 13.8 Å². The maximum Gasteiger partial charge on any atom is 0.335 e. The van der Waals surface area contributed by atoms with E-state index in [0.717, 1.165) is 32.1 Å². The van der Waals surface area contributed by atoms with Crippen LogP contribution in [-0.4, -0.2) is 27.5 Å². The lowest BCUT2D eigenvalue weighted by Crippen LogP contribution is -2.54. The van der Waals surface area contributed by atoms with Crippen LogP contribution in [0.4, 0.5) is 0 Å². The molecule has 4 rings (SSSR count). The minimum atomic E-state index is -0.305. The Morgan fingerprint density at radius 3 is 2.65 bits per heavy atom. The van der Waals surface area contributed by atoms with Gasteiger partial charge < -0.3 is 10.6 Å². The molecule has 0 heterocycles. The van der Waals surface area contributed by atoms with E-state index in [2.05, 4.69) is 18.6 Å². The molecule has 0 radical (unpaired) electrons. The molecule has 4 heteroatoms. The highest BCUT2D eigenvalue weighted by molar-refractivity contribution is 6.41. The van der Waals surface area contributed by atoms with Gasteiger partial charge in [-0.3, -0.25) is 4.79 Å². The van der Waals surface area contributed by atoms with Crippen molar-refractivity contribution in [3.05, 3.63) is 5.53 Å². The maximum atomic E-state index is 12.6. The fraction of sp³-hybridized carbons (Fsp3) is 0.895. The Morgan fingerprint density at radius 2 is 1.91 bits per heavy atom. The van der Waals surface area contributed by atoms with Crippen molar-refractivity contribution < 1.29 is 14.7 Å². The standard InChI is InChI=1S/C19H28N2O2/c1-18-7-5-12(22)9-11(18)3-4-13-14(18)6-8-19(2)15(13)10-16(21-20)17(19)23/h11-15,22H,3-10H2,1-2H3/t11-,12+,13-,14+,15+,18+,19+/m1/s1. The zero-order valence-corrected chi connectivity index (χ0v) is 14.3. The third-order valence-electron chi connectivity index (χ3n) is 8.34. The number of carbonyl (C=O) groups excluding carboxylic acids is 1. The highest BCUT2D eigenvalue weighted by Gasteiger charge is 2.63. The molecule has 4 aliphatic carbocycles. The lowest BCUT2D eigenvalue weighted by molar-refractivity contribution is -0.141. The van der Waals surface area contributed by atoms with Crippen LogP contribution < -0.4 is 0 Å². The summed E-state index contributed by atoms with van der Waals surface area (Å²) in [4.78, 5) is 16.0. The molecular formula is C19H28N2O2. The van der Waals surface area contributed by atoms with E-state index in [1.807, 2.05) is 0 Å². The van der Waals surface area contributed by atoms with Gasteiger partial charge in [0.05, 0.1) is 12.5 Å². The van der Waals surface area contributed by atoms with Crippen LogP contribution in [0, 0.1) is 34.5 Å². The Kier molecular flexibility index (Phi) is 3.38. The number of hydrogen-bond donors (Lipinski definition) is 1. The summed E-state index contributed by atoms with van der Waals surface area (Å²) >= 11 is 0. The smallest absolute Gasteiger partial charge is 0.335 e. The first kappa shape index (κ1) is 15.5. The van der Waals surface area contributed by atoms with E-state index in [4.69, 9.17) is 0 Å². The molecule has 7 atom stereocenters. The summed E-state index contributed by atoms with van der Waals surface area (Å²) in [5.41, 5.74) is 9.63. The number of rotatable bonds is 0. The van der Waals surface area contributed by atoms with Crippen molar-refractivity contribution >= 4 is 11.5 Å². The Bertz CT molecular complexity index is 596. The third kappa shape index (κ3) is 1.97. The van der Waals surface area contributed by atoms with Gasteiger partial charge >= 0.3 is 5.71 Å². The minimum Gasteiger partial charge on any atom is -0.393 e. The molecule has 4 aliphatic rings. The number of hydrogen-bond acceptors (Lipinski definition) is 2. The van der Waals surface area contributed by atoms with Crippen LogP contribution in [0.3, 0.4) is 0 Å². The second-order valence-corrected chi connectivity index (χ2v) is 9.12. The van der Waals surface area contributed by atoms with Crippen LogP contribution in [0.15, 0.2) is 0 Å². The first-order chi connectivity index (χ1) is 10.9. The first-order valence-corrected chi connectivity index (χ1v) is 9.34. The number of aliphatic hydroxyl groups excluding tert-OH is 1. The van der Waals surface area contributed by atoms with Crippen molar-refractivity contribution in [1.29, 1.82) is 0 Å². The second kappa shape index (κ2) is 5.00. The van der Waals surface area contributed by atoms with Crippen molar-refractivity contribution in [3.8, 4) is 0 Å². The number of Topliss-reactive ketones (excluding diaryl/α,β-unsaturated/α-hetero) is 1. The summed E-state index contributed by atoms with van der Waals surface area (Å²) in [5.74, 6) is 2.32. The molecular weight excluding hydrogens is 288 g/mol. The van der Waals surface area contributed by atoms with E-state index >= 15 is 0 Å². The van der Waals surface area contributed by atoms with Gasteiger partial charge in [-0.2, -0.15) is 4.79 Å². The Morgan fingerprint density at radius 1 is 1.13 bits per heavy atom. The number of nitrogens with zero attached hydrogens (tertiary/aromatic N) is 2. The van der Waals surface area contributed by atoms with Gasteiger partial charge in [0.15, 0.2) is 0 Å². The van der Waals surface area contributed by atoms with Crippen LogP contribution in [-0.2, 0) is 4.79 Å². The molecule has 0 saturated heterocycles. The van der Waals surface area contributed by atoms with Gasteiger partial charge in [0.25, 0.3) is 0 Å². The van der Waals surface area contributed by atoms with Crippen molar-refractivity contribution in [2.45, 2.75) is 71.3 Å². The van der Waals surface area contributed by atoms with Crippen molar-refractivity contribution in [2.24, 2.45) is 34.5 Å². The highest BCUT2D eigenvalue weighted by Crippen LogP contribution is 2.65. The molecule has 0 aliphatic heterocycles. The monoisotopic (exact) mass is 316 g/mol. The average molecular weight is 316 g/mol. The molecule has 23 heavy (non-hydrogen) atoms. The van der Waals surface area contributed by atoms with Crippen LogP contribution in [0.5, 0.6) is 0 Å². The van der Waals surface area contributed by atoms with Crippen LogP contribution in [0.25, 0.3) is 5.53 Å². The molecule has 0 aromatic carbocycles. The zero-order chi connectivity index (χ0) is 16.4. The number of fused-ring (bicyclic) bond motifs is 5. The van der Waals surface area contributed by atoms with E-state index in [-0.39, 0.29) is 17.3 Å². The summed E-state index contributed by atoms with van der Waals surface area (Å²) in [6, 6.07) is 0. The van der Waals surface area contributed by atoms with Gasteiger partial charge in [-0.25, -0.2) is 0 Å². The van der Waals surface area contributed by atoms with Gasteiger partial charge in [0.1, 0.15) is 0 Å². The SMILES string of the molecule is C[C@]12CC[C@H](O)C[C@H]1CC[C@@H]1[C@@H]2CC[C@]2(C)C(=O)C(=[N+]=[N-])C[C@@H]12. The summed E-state index contributed by atoms with van der Waals surface area (Å²) in [6.45, 7) is 4.55. The fourth-order valence-electron chi connectivity index (χ4n) is 6.93. The molecule has 126 valence electrons. The minimum absolute atomic E-state index is 0.0924. The van der Waals surface area contributed by atoms with E-state index < -0.39 is 0 Å². The van der Waals surface area contributed by atoms with Gasteiger partial charge in [0, 0.05) is 5.41 Å². The molecule has 0 aromatic heterocycles. The summed E-state index contributed by atoms with van der Waals surface area (Å²) < 4.78 is 0. The lowest BCUT2D eigenvalue weighted by atomic mass is 9.45. The first-order valence-electron chi connectivity index (χ1n) is 9.34. The fourth-order valence-corrected chi connectivity index (χ4v) is 6.93. The Hall–Kier alpha value is -0.990. The highest BCUT2D eigenvalue weighted by atomic mass is 16.3. The van der Waals surface area contributed by atoms with Crippen molar-refractivity contribution in [1.82, 2.24) is 0 Å². The third-order valence-corrected chi connectivity index (χ3v) is 8.34.